The maximum absolute atomic E-state index is 5.59. The fraction of sp³-hybridized carbons (Fsp3) is 0.111. The van der Waals surface area contributed by atoms with Gasteiger partial charge < -0.3 is 9.47 Å². The lowest BCUT2D eigenvalue weighted by Crippen LogP contribution is -2.28. The van der Waals surface area contributed by atoms with Gasteiger partial charge >= 0.3 is 0 Å². The summed E-state index contributed by atoms with van der Waals surface area (Å²) in [5.74, 6) is 1.71. The lowest BCUT2D eigenvalue weighted by Gasteiger charge is -2.34. The minimum Gasteiger partial charge on any atom is -0.497 e. The Morgan fingerprint density at radius 3 is 1.41 bits per heavy atom. The Morgan fingerprint density at radius 2 is 0.966 bits per heavy atom. The topological polar surface area (TPSA) is 18.5 Å². The molecule has 0 unspecified atom stereocenters. The van der Waals surface area contributed by atoms with Crippen molar-refractivity contribution < 1.29 is 9.47 Å². The number of hydrogen-bond acceptors (Lipinski definition) is 2. The number of fused-ring (bicyclic) bond motifs is 3. The molecule has 0 spiro atoms. The largest absolute Gasteiger partial charge is 0.497 e. The second kappa shape index (κ2) is 6.82. The molecule has 0 heterocycles. The van der Waals surface area contributed by atoms with Crippen molar-refractivity contribution in [2.45, 2.75) is 5.41 Å². The van der Waals surface area contributed by atoms with E-state index in [-0.39, 0.29) is 0 Å². The van der Waals surface area contributed by atoms with E-state index in [0.717, 1.165) is 11.5 Å². The SMILES string of the molecule is COc1cccc(C2(c3cccc(OC)c3)c3ccccc3-c3ccccc32)c1. The van der Waals surface area contributed by atoms with Crippen molar-refractivity contribution >= 4 is 0 Å². The maximum Gasteiger partial charge on any atom is 0.119 e. The van der Waals surface area contributed by atoms with Crippen LogP contribution < -0.4 is 9.47 Å². The van der Waals surface area contributed by atoms with E-state index in [1.807, 2.05) is 12.1 Å². The summed E-state index contributed by atoms with van der Waals surface area (Å²) >= 11 is 0. The minimum absolute atomic E-state index is 0.434. The highest BCUT2D eigenvalue weighted by Crippen LogP contribution is 2.56. The summed E-state index contributed by atoms with van der Waals surface area (Å²) in [6, 6.07) is 34.2. The molecule has 0 N–H and O–H groups in total. The fourth-order valence-electron chi connectivity index (χ4n) is 4.74. The van der Waals surface area contributed by atoms with Gasteiger partial charge in [0.1, 0.15) is 11.5 Å². The molecule has 0 aromatic heterocycles. The van der Waals surface area contributed by atoms with Crippen LogP contribution in [0.25, 0.3) is 11.1 Å². The predicted molar refractivity (Wildman–Crippen MR) is 117 cm³/mol. The van der Waals surface area contributed by atoms with Gasteiger partial charge in [-0.1, -0.05) is 72.8 Å². The van der Waals surface area contributed by atoms with E-state index in [1.165, 1.54) is 33.4 Å². The van der Waals surface area contributed by atoms with Gasteiger partial charge in [-0.25, -0.2) is 0 Å². The molecule has 0 amide bonds. The van der Waals surface area contributed by atoms with Crippen molar-refractivity contribution in [2.24, 2.45) is 0 Å². The Morgan fingerprint density at radius 1 is 0.517 bits per heavy atom. The second-order valence-corrected chi connectivity index (χ2v) is 7.31. The van der Waals surface area contributed by atoms with Gasteiger partial charge in [0.15, 0.2) is 0 Å². The van der Waals surface area contributed by atoms with E-state index >= 15 is 0 Å². The molecule has 0 saturated carbocycles. The van der Waals surface area contributed by atoms with Crippen LogP contribution in [0.1, 0.15) is 22.3 Å². The van der Waals surface area contributed by atoms with Crippen molar-refractivity contribution in [3.8, 4) is 22.6 Å². The molecule has 0 radical (unpaired) electrons. The number of ether oxygens (including phenoxy) is 2. The summed E-state index contributed by atoms with van der Waals surface area (Å²) < 4.78 is 11.2. The lowest BCUT2D eigenvalue weighted by molar-refractivity contribution is 0.412. The van der Waals surface area contributed by atoms with Crippen LogP contribution in [0.15, 0.2) is 97.1 Å². The lowest BCUT2D eigenvalue weighted by atomic mass is 9.67. The summed E-state index contributed by atoms with van der Waals surface area (Å²) in [5, 5.41) is 0. The van der Waals surface area contributed by atoms with Crippen LogP contribution in [0.5, 0.6) is 11.5 Å². The first-order valence-electron chi connectivity index (χ1n) is 9.77. The molecule has 0 saturated heterocycles. The first kappa shape index (κ1) is 17.6. The average Bonchev–Trinajstić information content (AvgIpc) is 3.10. The number of methoxy groups -OCH3 is 2. The van der Waals surface area contributed by atoms with E-state index in [1.54, 1.807) is 14.2 Å². The normalized spacial score (nSPS) is 13.4. The predicted octanol–water partition coefficient (Wildman–Crippen LogP) is 6.07. The van der Waals surface area contributed by atoms with E-state index in [4.69, 9.17) is 9.47 Å². The van der Waals surface area contributed by atoms with Crippen LogP contribution in [0.2, 0.25) is 0 Å². The summed E-state index contributed by atoms with van der Waals surface area (Å²) in [5.41, 5.74) is 7.04. The van der Waals surface area contributed by atoms with Gasteiger partial charge in [0.2, 0.25) is 0 Å². The van der Waals surface area contributed by atoms with Gasteiger partial charge in [-0.2, -0.15) is 0 Å². The molecule has 4 aromatic carbocycles. The highest BCUT2D eigenvalue weighted by atomic mass is 16.5. The third-order valence-electron chi connectivity index (χ3n) is 5.96. The van der Waals surface area contributed by atoms with Gasteiger partial charge in [0.05, 0.1) is 19.6 Å². The standard InChI is InChI=1S/C27H22O2/c1-28-21-11-7-9-19(17-21)27(20-10-8-12-22(18-20)29-2)25-15-5-3-13-23(25)24-14-4-6-16-26(24)27/h3-18H,1-2H3. The Bertz CT molecular complexity index is 1100. The first-order chi connectivity index (χ1) is 14.3. The van der Waals surface area contributed by atoms with E-state index in [2.05, 4.69) is 84.9 Å². The molecule has 5 rings (SSSR count). The van der Waals surface area contributed by atoms with Crippen molar-refractivity contribution in [1.29, 1.82) is 0 Å². The van der Waals surface area contributed by atoms with Crippen LogP contribution >= 0.6 is 0 Å². The maximum atomic E-state index is 5.59. The Hall–Kier alpha value is -3.52. The molecular formula is C27H22O2. The Kier molecular flexibility index (Phi) is 4.13. The molecule has 1 aliphatic carbocycles. The van der Waals surface area contributed by atoms with Crippen molar-refractivity contribution in [2.75, 3.05) is 14.2 Å². The summed E-state index contributed by atoms with van der Waals surface area (Å²) in [6.07, 6.45) is 0. The zero-order valence-corrected chi connectivity index (χ0v) is 16.6. The van der Waals surface area contributed by atoms with Crippen LogP contribution in [0.3, 0.4) is 0 Å². The second-order valence-electron chi connectivity index (χ2n) is 7.31. The first-order valence-corrected chi connectivity index (χ1v) is 9.77. The highest BCUT2D eigenvalue weighted by Gasteiger charge is 2.46. The van der Waals surface area contributed by atoms with Crippen molar-refractivity contribution in [3.05, 3.63) is 119 Å². The Balaban J connectivity index is 1.94. The molecule has 0 atom stereocenters. The highest BCUT2D eigenvalue weighted by molar-refractivity contribution is 5.86. The molecular weight excluding hydrogens is 356 g/mol. The Labute approximate surface area is 171 Å². The number of rotatable bonds is 4. The molecule has 2 heteroatoms. The quantitative estimate of drug-likeness (QED) is 0.378. The van der Waals surface area contributed by atoms with Gasteiger partial charge in [0, 0.05) is 0 Å². The molecule has 4 aromatic rings. The third kappa shape index (κ3) is 2.49. The molecule has 0 aliphatic heterocycles. The van der Waals surface area contributed by atoms with Crippen LogP contribution in [-0.4, -0.2) is 14.2 Å². The number of benzene rings is 4. The zero-order chi connectivity index (χ0) is 19.8. The van der Waals surface area contributed by atoms with E-state index < -0.39 is 5.41 Å². The van der Waals surface area contributed by atoms with Gasteiger partial charge in [-0.3, -0.25) is 0 Å². The monoisotopic (exact) mass is 378 g/mol. The van der Waals surface area contributed by atoms with Crippen LogP contribution in [0, 0.1) is 0 Å². The fourth-order valence-corrected chi connectivity index (χ4v) is 4.74. The molecule has 1 aliphatic rings. The zero-order valence-electron chi connectivity index (χ0n) is 16.6. The average molecular weight is 378 g/mol. The number of hydrogen-bond donors (Lipinski definition) is 0. The van der Waals surface area contributed by atoms with Crippen molar-refractivity contribution in [3.63, 3.8) is 0 Å². The minimum atomic E-state index is -0.434. The summed E-state index contributed by atoms with van der Waals surface area (Å²) in [4.78, 5) is 0. The third-order valence-corrected chi connectivity index (χ3v) is 5.96. The van der Waals surface area contributed by atoms with Gasteiger partial charge in [-0.15, -0.1) is 0 Å². The molecule has 0 fully saturated rings. The van der Waals surface area contributed by atoms with E-state index in [0.29, 0.717) is 0 Å². The van der Waals surface area contributed by atoms with Gasteiger partial charge in [0.25, 0.3) is 0 Å². The van der Waals surface area contributed by atoms with Crippen LogP contribution in [-0.2, 0) is 5.41 Å². The summed E-state index contributed by atoms with van der Waals surface area (Å²) in [7, 11) is 3.43. The van der Waals surface area contributed by atoms with Crippen LogP contribution in [0.4, 0.5) is 0 Å². The molecule has 29 heavy (non-hydrogen) atoms. The molecule has 142 valence electrons. The summed E-state index contributed by atoms with van der Waals surface area (Å²) in [6.45, 7) is 0. The van der Waals surface area contributed by atoms with Crippen molar-refractivity contribution in [1.82, 2.24) is 0 Å². The molecule has 0 bridgehead atoms. The van der Waals surface area contributed by atoms with E-state index in [9.17, 15) is 0 Å². The van der Waals surface area contributed by atoms with Gasteiger partial charge in [-0.05, 0) is 57.6 Å². The smallest absolute Gasteiger partial charge is 0.119 e. The molecule has 2 nitrogen and oxygen atoms in total.